The van der Waals surface area contributed by atoms with Gasteiger partial charge in [-0.05, 0) is 36.8 Å². The zero-order valence-corrected chi connectivity index (χ0v) is 11.4. The smallest absolute Gasteiger partial charge is 0.176 e. The van der Waals surface area contributed by atoms with Crippen molar-refractivity contribution in [3.05, 3.63) is 59.2 Å². The van der Waals surface area contributed by atoms with Crippen molar-refractivity contribution in [2.45, 2.75) is 6.92 Å². The Morgan fingerprint density at radius 3 is 2.26 bits per heavy atom. The first kappa shape index (κ1) is 13.0. The third kappa shape index (κ3) is 3.08. The molecule has 2 rings (SSSR count). The fraction of sp³-hybridized carbons (Fsp3) is 0.176. The molecule has 96 valence electrons. The van der Waals surface area contributed by atoms with Crippen LogP contribution in [-0.2, 0) is 0 Å². The van der Waals surface area contributed by atoms with Crippen molar-refractivity contribution in [3.63, 3.8) is 0 Å². The number of hydrogen-bond acceptors (Lipinski definition) is 2. The van der Waals surface area contributed by atoms with Gasteiger partial charge in [0, 0.05) is 5.56 Å². The predicted octanol–water partition coefficient (Wildman–Crippen LogP) is 3.41. The van der Waals surface area contributed by atoms with E-state index < -0.39 is 0 Å². The van der Waals surface area contributed by atoms with E-state index in [1.54, 1.807) is 14.2 Å². The van der Waals surface area contributed by atoms with Gasteiger partial charge in [-0.25, -0.2) is 0 Å². The second-order valence-corrected chi connectivity index (χ2v) is 4.16. The molecule has 2 aromatic rings. The summed E-state index contributed by atoms with van der Waals surface area (Å²) < 4.78 is 10.7. The molecule has 0 amide bonds. The van der Waals surface area contributed by atoms with Gasteiger partial charge in [-0.1, -0.05) is 30.0 Å². The maximum atomic E-state index is 5.38. The zero-order chi connectivity index (χ0) is 13.7. The number of aryl methyl sites for hydroxylation is 1. The number of benzene rings is 2. The van der Waals surface area contributed by atoms with Gasteiger partial charge in [0.1, 0.15) is 0 Å². The van der Waals surface area contributed by atoms with E-state index in [-0.39, 0.29) is 0 Å². The SMILES string of the molecule is COc1cc(C)cc(C#Cc2ccccc2)c1OC. The molecule has 2 nitrogen and oxygen atoms in total. The van der Waals surface area contributed by atoms with Crippen LogP contribution in [0.5, 0.6) is 11.5 Å². The van der Waals surface area contributed by atoms with E-state index in [0.717, 1.165) is 16.7 Å². The Bertz CT molecular complexity index is 619. The first-order valence-electron chi connectivity index (χ1n) is 6.04. The van der Waals surface area contributed by atoms with E-state index in [9.17, 15) is 0 Å². The van der Waals surface area contributed by atoms with Crippen molar-refractivity contribution in [3.8, 4) is 23.3 Å². The molecule has 19 heavy (non-hydrogen) atoms. The van der Waals surface area contributed by atoms with Crippen LogP contribution in [-0.4, -0.2) is 14.2 Å². The Morgan fingerprint density at radius 2 is 1.63 bits per heavy atom. The maximum Gasteiger partial charge on any atom is 0.176 e. The quantitative estimate of drug-likeness (QED) is 0.762. The van der Waals surface area contributed by atoms with Gasteiger partial charge < -0.3 is 9.47 Å². The van der Waals surface area contributed by atoms with Crippen molar-refractivity contribution >= 4 is 0 Å². The third-order valence-electron chi connectivity index (χ3n) is 2.74. The van der Waals surface area contributed by atoms with Gasteiger partial charge in [-0.3, -0.25) is 0 Å². The van der Waals surface area contributed by atoms with Gasteiger partial charge in [0.2, 0.25) is 0 Å². The number of rotatable bonds is 2. The lowest BCUT2D eigenvalue weighted by atomic mass is 10.1. The molecule has 0 fully saturated rings. The van der Waals surface area contributed by atoms with Crippen LogP contribution in [0.25, 0.3) is 0 Å². The molecule has 0 heterocycles. The van der Waals surface area contributed by atoms with E-state index in [1.165, 1.54) is 0 Å². The summed E-state index contributed by atoms with van der Waals surface area (Å²) in [5.74, 6) is 7.66. The van der Waals surface area contributed by atoms with Crippen molar-refractivity contribution in [2.75, 3.05) is 14.2 Å². The fourth-order valence-corrected chi connectivity index (χ4v) is 1.86. The van der Waals surface area contributed by atoms with E-state index >= 15 is 0 Å². The molecule has 2 aromatic carbocycles. The molecule has 0 saturated carbocycles. The largest absolute Gasteiger partial charge is 0.493 e. The molecule has 2 heteroatoms. The van der Waals surface area contributed by atoms with Gasteiger partial charge >= 0.3 is 0 Å². The standard InChI is InChI=1S/C17H16O2/c1-13-11-15(17(19-3)16(12-13)18-2)10-9-14-7-5-4-6-8-14/h4-8,11-12H,1-3H3. The Labute approximate surface area is 114 Å². The van der Waals surface area contributed by atoms with Crippen LogP contribution < -0.4 is 9.47 Å². The second kappa shape index (κ2) is 5.97. The van der Waals surface area contributed by atoms with Gasteiger partial charge in [-0.2, -0.15) is 0 Å². The lowest BCUT2D eigenvalue weighted by molar-refractivity contribution is 0.354. The summed E-state index contributed by atoms with van der Waals surface area (Å²) in [4.78, 5) is 0. The number of hydrogen-bond donors (Lipinski definition) is 0. The second-order valence-electron chi connectivity index (χ2n) is 4.16. The lowest BCUT2D eigenvalue weighted by Crippen LogP contribution is -1.94. The minimum atomic E-state index is 0.677. The Kier molecular flexibility index (Phi) is 4.10. The summed E-state index contributed by atoms with van der Waals surface area (Å²) in [5, 5.41) is 0. The van der Waals surface area contributed by atoms with Crippen LogP contribution in [0, 0.1) is 18.8 Å². The molecule has 0 aliphatic rings. The number of ether oxygens (including phenoxy) is 2. The molecule has 0 atom stereocenters. The van der Waals surface area contributed by atoms with Gasteiger partial charge in [0.15, 0.2) is 11.5 Å². The lowest BCUT2D eigenvalue weighted by Gasteiger charge is -2.10. The van der Waals surface area contributed by atoms with Gasteiger partial charge in [-0.15, -0.1) is 0 Å². The van der Waals surface area contributed by atoms with Crippen molar-refractivity contribution in [1.29, 1.82) is 0 Å². The molecular formula is C17H16O2. The normalized spacial score (nSPS) is 9.42. The van der Waals surface area contributed by atoms with E-state index in [2.05, 4.69) is 11.8 Å². The molecular weight excluding hydrogens is 236 g/mol. The average molecular weight is 252 g/mol. The van der Waals surface area contributed by atoms with Crippen LogP contribution >= 0.6 is 0 Å². The highest BCUT2D eigenvalue weighted by atomic mass is 16.5. The van der Waals surface area contributed by atoms with E-state index in [1.807, 2.05) is 49.4 Å². The van der Waals surface area contributed by atoms with Crippen molar-refractivity contribution in [2.24, 2.45) is 0 Å². The molecule has 0 bridgehead atoms. The minimum absolute atomic E-state index is 0.677. The van der Waals surface area contributed by atoms with Gasteiger partial charge in [0.25, 0.3) is 0 Å². The van der Waals surface area contributed by atoms with Crippen molar-refractivity contribution < 1.29 is 9.47 Å². The molecule has 0 radical (unpaired) electrons. The highest BCUT2D eigenvalue weighted by Gasteiger charge is 2.09. The first-order chi connectivity index (χ1) is 9.24. The summed E-state index contributed by atoms with van der Waals surface area (Å²) in [6, 6.07) is 13.8. The molecule has 0 spiro atoms. The Morgan fingerprint density at radius 1 is 0.895 bits per heavy atom. The molecule has 0 aromatic heterocycles. The summed E-state index contributed by atoms with van der Waals surface area (Å²) in [6.45, 7) is 2.01. The molecule has 0 unspecified atom stereocenters. The molecule has 0 saturated heterocycles. The monoisotopic (exact) mass is 252 g/mol. The summed E-state index contributed by atoms with van der Waals surface area (Å²) in [6.07, 6.45) is 0. The summed E-state index contributed by atoms with van der Waals surface area (Å²) in [7, 11) is 3.26. The number of methoxy groups -OCH3 is 2. The van der Waals surface area contributed by atoms with Crippen LogP contribution in [0.3, 0.4) is 0 Å². The van der Waals surface area contributed by atoms with Gasteiger partial charge in [0.05, 0.1) is 19.8 Å². The first-order valence-corrected chi connectivity index (χ1v) is 6.04. The fourth-order valence-electron chi connectivity index (χ4n) is 1.86. The highest BCUT2D eigenvalue weighted by molar-refractivity contribution is 5.57. The van der Waals surface area contributed by atoms with E-state index in [4.69, 9.17) is 9.47 Å². The third-order valence-corrected chi connectivity index (χ3v) is 2.74. The van der Waals surface area contributed by atoms with Crippen LogP contribution in [0.15, 0.2) is 42.5 Å². The Balaban J connectivity index is 2.45. The van der Waals surface area contributed by atoms with Crippen LogP contribution in [0.2, 0.25) is 0 Å². The predicted molar refractivity (Wildman–Crippen MR) is 76.7 cm³/mol. The van der Waals surface area contributed by atoms with Crippen LogP contribution in [0.4, 0.5) is 0 Å². The zero-order valence-electron chi connectivity index (χ0n) is 11.4. The van der Waals surface area contributed by atoms with Crippen LogP contribution in [0.1, 0.15) is 16.7 Å². The molecule has 0 aliphatic heterocycles. The maximum absolute atomic E-state index is 5.38. The summed E-state index contributed by atoms with van der Waals surface area (Å²) >= 11 is 0. The average Bonchev–Trinajstić information content (AvgIpc) is 2.45. The highest BCUT2D eigenvalue weighted by Crippen LogP contribution is 2.31. The minimum Gasteiger partial charge on any atom is -0.493 e. The van der Waals surface area contributed by atoms with E-state index in [0.29, 0.717) is 11.5 Å². The molecule has 0 aliphatic carbocycles. The Hall–Kier alpha value is -2.40. The topological polar surface area (TPSA) is 18.5 Å². The molecule has 0 N–H and O–H groups in total. The van der Waals surface area contributed by atoms with Crippen molar-refractivity contribution in [1.82, 2.24) is 0 Å². The summed E-state index contributed by atoms with van der Waals surface area (Å²) in [5.41, 5.74) is 2.91.